The molecule has 2 fully saturated rings. The molecule has 0 aliphatic heterocycles. The fourth-order valence-electron chi connectivity index (χ4n) is 3.27. The van der Waals surface area contributed by atoms with Gasteiger partial charge in [0.2, 0.25) is 0 Å². The van der Waals surface area contributed by atoms with Gasteiger partial charge in [0.05, 0.1) is 0 Å². The third-order valence-corrected chi connectivity index (χ3v) is 4.94. The molecule has 0 saturated heterocycles. The summed E-state index contributed by atoms with van der Waals surface area (Å²) < 4.78 is 0. The lowest BCUT2D eigenvalue weighted by Gasteiger charge is -2.43. The molecule has 16 heavy (non-hydrogen) atoms. The van der Waals surface area contributed by atoms with E-state index in [0.717, 1.165) is 12.5 Å². The fraction of sp³-hybridized carbons (Fsp3) is 1.00. The Morgan fingerprint density at radius 3 is 2.50 bits per heavy atom. The van der Waals surface area contributed by atoms with Crippen LogP contribution in [0.1, 0.15) is 64.7 Å². The van der Waals surface area contributed by atoms with Crippen LogP contribution in [-0.4, -0.2) is 18.1 Å². The Hall–Kier alpha value is -0.0800. The van der Waals surface area contributed by atoms with E-state index in [4.69, 9.17) is 5.73 Å². The topological polar surface area (TPSA) is 38.0 Å². The number of hydrogen-bond donors (Lipinski definition) is 2. The maximum atomic E-state index is 6.27. The predicted molar refractivity (Wildman–Crippen MR) is 69.4 cm³/mol. The number of nitrogens with one attached hydrogen (secondary N) is 1. The average molecular weight is 224 g/mol. The molecule has 2 saturated carbocycles. The van der Waals surface area contributed by atoms with E-state index in [0.29, 0.717) is 11.6 Å². The highest BCUT2D eigenvalue weighted by Gasteiger charge is 2.35. The lowest BCUT2D eigenvalue weighted by Crippen LogP contribution is -2.53. The molecule has 0 spiro atoms. The van der Waals surface area contributed by atoms with Crippen molar-refractivity contribution in [2.75, 3.05) is 6.54 Å². The maximum absolute atomic E-state index is 6.27. The van der Waals surface area contributed by atoms with Crippen LogP contribution in [-0.2, 0) is 0 Å². The fourth-order valence-corrected chi connectivity index (χ4v) is 3.27. The molecule has 2 aliphatic rings. The Morgan fingerprint density at radius 2 is 1.88 bits per heavy atom. The second kappa shape index (κ2) is 5.50. The normalized spacial score (nSPS) is 34.1. The molecule has 2 nitrogen and oxygen atoms in total. The van der Waals surface area contributed by atoms with Gasteiger partial charge in [0, 0.05) is 11.6 Å². The number of rotatable bonds is 4. The maximum Gasteiger partial charge on any atom is 0.0179 e. The third-order valence-electron chi connectivity index (χ3n) is 4.94. The van der Waals surface area contributed by atoms with E-state index in [1.54, 1.807) is 0 Å². The van der Waals surface area contributed by atoms with E-state index < -0.39 is 0 Å². The van der Waals surface area contributed by atoms with Gasteiger partial charge in [0.1, 0.15) is 0 Å². The molecular weight excluding hydrogens is 196 g/mol. The monoisotopic (exact) mass is 224 g/mol. The first-order valence-corrected chi connectivity index (χ1v) is 7.26. The molecule has 0 radical (unpaired) electrons. The molecular formula is C14H28N2. The Kier molecular flexibility index (Phi) is 4.26. The van der Waals surface area contributed by atoms with Gasteiger partial charge in [-0.15, -0.1) is 0 Å². The lowest BCUT2D eigenvalue weighted by molar-refractivity contribution is 0.162. The quantitative estimate of drug-likeness (QED) is 0.721. The van der Waals surface area contributed by atoms with Gasteiger partial charge in [-0.05, 0) is 51.0 Å². The van der Waals surface area contributed by atoms with Crippen LogP contribution < -0.4 is 11.1 Å². The number of hydrogen-bond acceptors (Lipinski definition) is 2. The summed E-state index contributed by atoms with van der Waals surface area (Å²) in [4.78, 5) is 0. The molecule has 2 heteroatoms. The Labute approximate surface area is 100 Å². The van der Waals surface area contributed by atoms with Crippen molar-refractivity contribution in [1.82, 2.24) is 5.32 Å². The molecule has 0 heterocycles. The van der Waals surface area contributed by atoms with Crippen LogP contribution in [0.3, 0.4) is 0 Å². The molecule has 0 aromatic carbocycles. The zero-order chi connectivity index (χ0) is 11.4. The summed E-state index contributed by atoms with van der Waals surface area (Å²) in [5, 5.41) is 3.83. The van der Waals surface area contributed by atoms with Gasteiger partial charge in [-0.25, -0.2) is 0 Å². The summed E-state index contributed by atoms with van der Waals surface area (Å²) in [5.74, 6) is 0.728. The molecule has 2 rings (SSSR count). The second-order valence-corrected chi connectivity index (χ2v) is 5.93. The molecule has 2 aliphatic carbocycles. The second-order valence-electron chi connectivity index (χ2n) is 5.93. The zero-order valence-corrected chi connectivity index (χ0v) is 10.8. The summed E-state index contributed by atoms with van der Waals surface area (Å²) in [6.07, 6.45) is 12.2. The van der Waals surface area contributed by atoms with Crippen LogP contribution in [0.5, 0.6) is 0 Å². The molecule has 2 unspecified atom stereocenters. The SMILES string of the molecule is CCC1(NCC2CCCCCC2N)CCC1. The summed E-state index contributed by atoms with van der Waals surface area (Å²) in [6, 6.07) is 0.448. The summed E-state index contributed by atoms with van der Waals surface area (Å²) in [6.45, 7) is 3.48. The lowest BCUT2D eigenvalue weighted by atomic mass is 9.74. The van der Waals surface area contributed by atoms with Crippen LogP contribution in [0.15, 0.2) is 0 Å². The smallest absolute Gasteiger partial charge is 0.0179 e. The van der Waals surface area contributed by atoms with Crippen LogP contribution >= 0.6 is 0 Å². The molecule has 94 valence electrons. The van der Waals surface area contributed by atoms with Crippen LogP contribution in [0.25, 0.3) is 0 Å². The minimum Gasteiger partial charge on any atom is -0.327 e. The van der Waals surface area contributed by atoms with Crippen molar-refractivity contribution >= 4 is 0 Å². The van der Waals surface area contributed by atoms with Gasteiger partial charge in [-0.3, -0.25) is 0 Å². The van der Waals surface area contributed by atoms with Crippen molar-refractivity contribution in [1.29, 1.82) is 0 Å². The summed E-state index contributed by atoms with van der Waals surface area (Å²) >= 11 is 0. The predicted octanol–water partition coefficient (Wildman–Crippen LogP) is 2.82. The average Bonchev–Trinajstić information content (AvgIpc) is 2.43. The van der Waals surface area contributed by atoms with Crippen molar-refractivity contribution in [3.8, 4) is 0 Å². The highest BCUT2D eigenvalue weighted by Crippen LogP contribution is 2.35. The largest absolute Gasteiger partial charge is 0.327 e. The van der Waals surface area contributed by atoms with E-state index in [2.05, 4.69) is 12.2 Å². The zero-order valence-electron chi connectivity index (χ0n) is 10.8. The van der Waals surface area contributed by atoms with Gasteiger partial charge in [-0.1, -0.05) is 26.2 Å². The standard InChI is InChI=1S/C14H28N2/c1-2-14(9-6-10-14)16-11-12-7-4-3-5-8-13(12)15/h12-13,16H,2-11,15H2,1H3. The van der Waals surface area contributed by atoms with E-state index in [1.165, 1.54) is 57.8 Å². The first kappa shape index (κ1) is 12.4. The third kappa shape index (κ3) is 2.78. The van der Waals surface area contributed by atoms with E-state index in [-0.39, 0.29) is 0 Å². The minimum atomic E-state index is 0.448. The highest BCUT2D eigenvalue weighted by molar-refractivity contribution is 4.95. The minimum absolute atomic E-state index is 0.448. The Balaban J connectivity index is 1.79. The van der Waals surface area contributed by atoms with E-state index >= 15 is 0 Å². The summed E-state index contributed by atoms with van der Waals surface area (Å²) in [7, 11) is 0. The first-order chi connectivity index (χ1) is 7.76. The van der Waals surface area contributed by atoms with Crippen LogP contribution in [0.2, 0.25) is 0 Å². The Bertz CT molecular complexity index is 205. The molecule has 0 bridgehead atoms. The van der Waals surface area contributed by atoms with Crippen molar-refractivity contribution < 1.29 is 0 Å². The van der Waals surface area contributed by atoms with E-state index in [9.17, 15) is 0 Å². The van der Waals surface area contributed by atoms with Crippen molar-refractivity contribution in [3.05, 3.63) is 0 Å². The summed E-state index contributed by atoms with van der Waals surface area (Å²) in [5.41, 5.74) is 6.76. The molecule has 0 amide bonds. The van der Waals surface area contributed by atoms with Crippen LogP contribution in [0, 0.1) is 5.92 Å². The van der Waals surface area contributed by atoms with Gasteiger partial charge >= 0.3 is 0 Å². The van der Waals surface area contributed by atoms with Gasteiger partial charge in [-0.2, -0.15) is 0 Å². The van der Waals surface area contributed by atoms with Crippen molar-refractivity contribution in [2.24, 2.45) is 11.7 Å². The van der Waals surface area contributed by atoms with E-state index in [1.807, 2.05) is 0 Å². The highest BCUT2D eigenvalue weighted by atomic mass is 15.0. The van der Waals surface area contributed by atoms with Gasteiger partial charge in [0.25, 0.3) is 0 Å². The number of nitrogens with two attached hydrogens (primary N) is 1. The molecule has 3 N–H and O–H groups in total. The van der Waals surface area contributed by atoms with Crippen molar-refractivity contribution in [3.63, 3.8) is 0 Å². The molecule has 2 atom stereocenters. The first-order valence-electron chi connectivity index (χ1n) is 7.26. The Morgan fingerprint density at radius 1 is 1.12 bits per heavy atom. The van der Waals surface area contributed by atoms with Gasteiger partial charge < -0.3 is 11.1 Å². The van der Waals surface area contributed by atoms with Crippen molar-refractivity contribution in [2.45, 2.75) is 76.3 Å². The molecule has 0 aromatic rings. The van der Waals surface area contributed by atoms with Gasteiger partial charge in [0.15, 0.2) is 0 Å². The van der Waals surface area contributed by atoms with Crippen LogP contribution in [0.4, 0.5) is 0 Å². The molecule has 0 aromatic heterocycles.